The van der Waals surface area contributed by atoms with Gasteiger partial charge in [-0.25, -0.2) is 0 Å². The van der Waals surface area contributed by atoms with Crippen molar-refractivity contribution in [1.82, 2.24) is 0 Å². The van der Waals surface area contributed by atoms with Gasteiger partial charge in [-0.3, -0.25) is 0 Å². The summed E-state index contributed by atoms with van der Waals surface area (Å²) in [6.45, 7) is 13.9. The number of hydrogen-bond donors (Lipinski definition) is 0. The van der Waals surface area contributed by atoms with Crippen molar-refractivity contribution in [3.63, 3.8) is 0 Å². The molecule has 3 aliphatic rings. The molecule has 3 saturated carbocycles. The van der Waals surface area contributed by atoms with E-state index in [9.17, 15) is 5.26 Å². The summed E-state index contributed by atoms with van der Waals surface area (Å²) in [5.74, 6) is 1.71. The lowest BCUT2D eigenvalue weighted by Gasteiger charge is -2.57. The fourth-order valence-corrected chi connectivity index (χ4v) is 8.41. The molecular weight excluding hydrogens is 526 g/mol. The van der Waals surface area contributed by atoms with Gasteiger partial charge in [0.05, 0.1) is 43.7 Å². The molecule has 0 amide bonds. The molecule has 0 spiro atoms. The van der Waals surface area contributed by atoms with Gasteiger partial charge < -0.3 is 23.7 Å². The highest BCUT2D eigenvalue weighted by Gasteiger charge is 2.56. The van der Waals surface area contributed by atoms with E-state index in [0.29, 0.717) is 43.5 Å². The Kier molecular flexibility index (Phi) is 17.0. The lowest BCUT2D eigenvalue weighted by atomic mass is 9.51. The van der Waals surface area contributed by atoms with Crippen molar-refractivity contribution >= 4 is 0 Å². The second kappa shape index (κ2) is 20.1. The zero-order valence-electron chi connectivity index (χ0n) is 27.5. The van der Waals surface area contributed by atoms with Gasteiger partial charge in [0.25, 0.3) is 0 Å². The van der Waals surface area contributed by atoms with Crippen LogP contribution in [0, 0.1) is 46.8 Å². The van der Waals surface area contributed by atoms with Crippen LogP contribution in [0.15, 0.2) is 12.7 Å². The molecule has 0 aromatic rings. The monoisotopic (exact) mass is 589 g/mol. The van der Waals surface area contributed by atoms with E-state index >= 15 is 0 Å². The Morgan fingerprint density at radius 1 is 0.690 bits per heavy atom. The van der Waals surface area contributed by atoms with E-state index in [0.717, 1.165) is 51.7 Å². The zero-order valence-corrected chi connectivity index (χ0v) is 27.5. The summed E-state index contributed by atoms with van der Waals surface area (Å²) < 4.78 is 31.9. The van der Waals surface area contributed by atoms with E-state index in [2.05, 4.69) is 33.4 Å². The summed E-state index contributed by atoms with van der Waals surface area (Å²) in [6, 6.07) is 2.76. The molecular formula is C36H63NO5. The number of rotatable bonds is 21. The van der Waals surface area contributed by atoms with E-state index in [-0.39, 0.29) is 36.3 Å². The smallest absolute Gasteiger partial charge is 0.0839 e. The van der Waals surface area contributed by atoms with Crippen LogP contribution in [0.3, 0.4) is 0 Å². The summed E-state index contributed by atoms with van der Waals surface area (Å²) in [5, 5.41) is 10.5. The van der Waals surface area contributed by atoms with Crippen LogP contribution in [-0.2, 0) is 23.7 Å². The minimum absolute atomic E-state index is 0.00470. The molecule has 0 aliphatic heterocycles. The third-order valence-corrected chi connectivity index (χ3v) is 10.4. The topological polar surface area (TPSA) is 69.9 Å². The third kappa shape index (κ3) is 10.0. The number of fused-ring (bicyclic) bond motifs is 3. The van der Waals surface area contributed by atoms with Crippen molar-refractivity contribution < 1.29 is 23.7 Å². The van der Waals surface area contributed by atoms with Gasteiger partial charge in [0.15, 0.2) is 0 Å². The van der Waals surface area contributed by atoms with Crippen molar-refractivity contribution in [2.45, 2.75) is 135 Å². The predicted octanol–water partition coefficient (Wildman–Crippen LogP) is 8.14. The van der Waals surface area contributed by atoms with Gasteiger partial charge >= 0.3 is 0 Å². The van der Waals surface area contributed by atoms with Gasteiger partial charge in [0, 0.05) is 38.8 Å². The van der Waals surface area contributed by atoms with Gasteiger partial charge in [0.1, 0.15) is 0 Å². The van der Waals surface area contributed by atoms with Gasteiger partial charge in [0.2, 0.25) is 0 Å². The first-order valence-corrected chi connectivity index (χ1v) is 17.6. The highest BCUT2D eigenvalue weighted by molar-refractivity contribution is 5.09. The number of methoxy groups -OCH3 is 1. The largest absolute Gasteiger partial charge is 0.384 e. The van der Waals surface area contributed by atoms with E-state index in [1.807, 2.05) is 6.08 Å². The molecule has 42 heavy (non-hydrogen) atoms. The summed E-state index contributed by atoms with van der Waals surface area (Å²) >= 11 is 0. The first-order chi connectivity index (χ1) is 20.6. The zero-order chi connectivity index (χ0) is 30.2. The van der Waals surface area contributed by atoms with E-state index < -0.39 is 0 Å². The maximum absolute atomic E-state index is 10.5. The van der Waals surface area contributed by atoms with Gasteiger partial charge in [-0.2, -0.15) is 5.26 Å². The molecule has 3 fully saturated rings. The molecule has 0 aromatic carbocycles. The van der Waals surface area contributed by atoms with Crippen LogP contribution in [-0.4, -0.2) is 64.6 Å². The SMILES string of the molecule is C=CCOC1C(COC)C(OCC)CC2C3CC(OCCCCCCC)C(OCCCCCCC)CC3C(C#N)CC21. The first-order valence-electron chi connectivity index (χ1n) is 17.6. The molecule has 10 unspecified atom stereocenters. The Labute approximate surface area is 258 Å². The number of nitrogens with zero attached hydrogens (tertiary/aromatic N) is 1. The lowest BCUT2D eigenvalue weighted by Crippen LogP contribution is -2.59. The predicted molar refractivity (Wildman–Crippen MR) is 169 cm³/mol. The van der Waals surface area contributed by atoms with Crippen molar-refractivity contribution in [1.29, 1.82) is 5.26 Å². The molecule has 6 heteroatoms. The summed E-state index contributed by atoms with van der Waals surface area (Å²) in [6.07, 6.45) is 18.3. The standard InChI is InChI=1S/C36H63NO5/c1-6-10-12-14-16-19-40-34-22-28-27(25-37)21-31-30(29(28)24-35(34)41-20-17-15-13-11-7-2)23-33(39-9-4)32(26-38-5)36(31)42-18-8-3/h8,27-36H,3,6-7,9-24,26H2,1-2,4-5H3. The highest BCUT2D eigenvalue weighted by atomic mass is 16.5. The van der Waals surface area contributed by atoms with Gasteiger partial charge in [-0.05, 0) is 69.1 Å². The number of nitriles is 1. The molecule has 3 aliphatic carbocycles. The molecule has 0 radical (unpaired) electrons. The second-order valence-electron chi connectivity index (χ2n) is 13.2. The maximum atomic E-state index is 10.5. The Bertz CT molecular complexity index is 770. The molecule has 6 nitrogen and oxygen atoms in total. The van der Waals surface area contributed by atoms with Gasteiger partial charge in [-0.1, -0.05) is 71.3 Å². The van der Waals surface area contributed by atoms with E-state index in [1.54, 1.807) is 7.11 Å². The summed E-state index contributed by atoms with van der Waals surface area (Å²) in [7, 11) is 1.77. The summed E-state index contributed by atoms with van der Waals surface area (Å²) in [5.41, 5.74) is 0. The van der Waals surface area contributed by atoms with E-state index in [4.69, 9.17) is 23.7 Å². The average Bonchev–Trinajstić information content (AvgIpc) is 3.00. The highest BCUT2D eigenvalue weighted by Crippen LogP contribution is 2.56. The van der Waals surface area contributed by atoms with Crippen molar-refractivity contribution in [3.05, 3.63) is 12.7 Å². The summed E-state index contributed by atoms with van der Waals surface area (Å²) in [4.78, 5) is 0. The van der Waals surface area contributed by atoms with Gasteiger partial charge in [-0.15, -0.1) is 6.58 Å². The molecule has 3 rings (SSSR count). The van der Waals surface area contributed by atoms with Crippen molar-refractivity contribution in [2.75, 3.05) is 40.1 Å². The van der Waals surface area contributed by atoms with Crippen LogP contribution in [0.25, 0.3) is 0 Å². The minimum atomic E-state index is 0.00470. The van der Waals surface area contributed by atoms with Crippen LogP contribution in [0.5, 0.6) is 0 Å². The Morgan fingerprint density at radius 2 is 1.26 bits per heavy atom. The van der Waals surface area contributed by atoms with Crippen molar-refractivity contribution in [3.8, 4) is 6.07 Å². The quantitative estimate of drug-likeness (QED) is 0.0994. The van der Waals surface area contributed by atoms with Crippen LogP contribution in [0.2, 0.25) is 0 Å². The Hall–Kier alpha value is -0.970. The Morgan fingerprint density at radius 3 is 1.81 bits per heavy atom. The number of hydrogen-bond acceptors (Lipinski definition) is 6. The van der Waals surface area contributed by atoms with Crippen LogP contribution < -0.4 is 0 Å². The fourth-order valence-electron chi connectivity index (χ4n) is 8.41. The molecule has 0 aromatic heterocycles. The molecule has 0 N–H and O–H groups in total. The number of unbranched alkanes of at least 4 members (excludes halogenated alkanes) is 8. The van der Waals surface area contributed by atoms with E-state index in [1.165, 1.54) is 51.4 Å². The minimum Gasteiger partial charge on any atom is -0.384 e. The average molecular weight is 590 g/mol. The molecule has 10 atom stereocenters. The number of ether oxygens (including phenoxy) is 5. The van der Waals surface area contributed by atoms with Crippen molar-refractivity contribution in [2.24, 2.45) is 35.5 Å². The molecule has 0 saturated heterocycles. The molecule has 0 bridgehead atoms. The fraction of sp³-hybridized carbons (Fsp3) is 0.917. The lowest BCUT2D eigenvalue weighted by molar-refractivity contribution is -0.195. The van der Waals surface area contributed by atoms with Crippen LogP contribution in [0.1, 0.15) is 111 Å². The molecule has 242 valence electrons. The molecule has 0 heterocycles. The normalized spacial score (nSPS) is 34.4. The van der Waals surface area contributed by atoms with Crippen LogP contribution >= 0.6 is 0 Å². The van der Waals surface area contributed by atoms with Crippen LogP contribution in [0.4, 0.5) is 0 Å². The first kappa shape index (κ1) is 35.5. The second-order valence-corrected chi connectivity index (χ2v) is 13.2. The maximum Gasteiger partial charge on any atom is 0.0839 e. The Balaban J connectivity index is 1.78. The third-order valence-electron chi connectivity index (χ3n) is 10.4.